The van der Waals surface area contributed by atoms with Gasteiger partial charge >= 0.3 is 12.1 Å². The van der Waals surface area contributed by atoms with E-state index in [1.807, 2.05) is 5.38 Å². The zero-order valence-electron chi connectivity index (χ0n) is 14.8. The molecule has 0 aliphatic carbocycles. The number of nitrogens with zero attached hydrogens (tertiary/aromatic N) is 1. The molecule has 1 aliphatic heterocycles. The lowest BCUT2D eigenvalue weighted by atomic mass is 9.93. The topological polar surface area (TPSA) is 66.8 Å². The molecule has 0 atom stereocenters. The van der Waals surface area contributed by atoms with Crippen LogP contribution in [0.3, 0.4) is 0 Å². The van der Waals surface area contributed by atoms with E-state index in [2.05, 4.69) is 0 Å². The minimum absolute atomic E-state index is 0.0355. The average Bonchev–Trinajstić information content (AvgIpc) is 2.95. The van der Waals surface area contributed by atoms with E-state index in [1.54, 1.807) is 26.8 Å². The maximum Gasteiger partial charge on any atom is 0.410 e. The highest BCUT2D eigenvalue weighted by molar-refractivity contribution is 7.17. The molecular formula is C19H20FNO4S. The maximum absolute atomic E-state index is 13.6. The first-order valence-electron chi connectivity index (χ1n) is 8.26. The normalized spacial score (nSPS) is 15.5. The van der Waals surface area contributed by atoms with Gasteiger partial charge in [-0.2, -0.15) is 0 Å². The summed E-state index contributed by atoms with van der Waals surface area (Å²) in [6, 6.07) is 4.50. The number of amides is 1. The standard InChI is InChI=1S/C19H20FNO4S/c1-19(2,3)25-18(24)21-7-6-12(14(9-21)17(22)23)15-10-26-16-5-4-11(20)8-13(15)16/h4-5,8,10H,6-7,9H2,1-3H3,(H,22,23). The van der Waals surface area contributed by atoms with E-state index in [1.165, 1.54) is 28.4 Å². The van der Waals surface area contributed by atoms with Crippen LogP contribution in [0.25, 0.3) is 15.7 Å². The number of halogens is 1. The van der Waals surface area contributed by atoms with Gasteiger partial charge in [-0.1, -0.05) is 0 Å². The number of fused-ring (bicyclic) bond motifs is 1. The van der Waals surface area contributed by atoms with Crippen LogP contribution >= 0.6 is 11.3 Å². The molecule has 1 aromatic heterocycles. The Morgan fingerprint density at radius 1 is 1.31 bits per heavy atom. The lowest BCUT2D eigenvalue weighted by molar-refractivity contribution is -0.132. The van der Waals surface area contributed by atoms with Gasteiger partial charge in [0.05, 0.1) is 12.1 Å². The Bertz CT molecular complexity index is 910. The number of benzene rings is 1. The van der Waals surface area contributed by atoms with E-state index in [0.29, 0.717) is 23.9 Å². The van der Waals surface area contributed by atoms with Gasteiger partial charge in [0.25, 0.3) is 0 Å². The Kier molecular flexibility index (Phi) is 4.75. The quantitative estimate of drug-likeness (QED) is 0.836. The molecule has 1 aromatic carbocycles. The second-order valence-corrected chi connectivity index (χ2v) is 8.12. The van der Waals surface area contributed by atoms with Crippen molar-refractivity contribution < 1.29 is 23.8 Å². The largest absolute Gasteiger partial charge is 0.478 e. The number of hydrogen-bond donors (Lipinski definition) is 1. The highest BCUT2D eigenvalue weighted by Crippen LogP contribution is 2.36. The van der Waals surface area contributed by atoms with Gasteiger partial charge < -0.3 is 14.7 Å². The van der Waals surface area contributed by atoms with Gasteiger partial charge in [-0.15, -0.1) is 11.3 Å². The Hall–Kier alpha value is -2.41. The van der Waals surface area contributed by atoms with Crippen LogP contribution in [0, 0.1) is 5.82 Å². The lowest BCUT2D eigenvalue weighted by Gasteiger charge is -2.31. The highest BCUT2D eigenvalue weighted by Gasteiger charge is 2.30. The van der Waals surface area contributed by atoms with Crippen molar-refractivity contribution in [1.82, 2.24) is 4.90 Å². The van der Waals surface area contributed by atoms with Crippen molar-refractivity contribution >= 4 is 39.1 Å². The van der Waals surface area contributed by atoms with Crippen LogP contribution in [-0.4, -0.2) is 40.8 Å². The number of aliphatic carboxylic acids is 1. The number of thiophene rings is 1. The Morgan fingerprint density at radius 3 is 2.69 bits per heavy atom. The van der Waals surface area contributed by atoms with Gasteiger partial charge in [0.15, 0.2) is 0 Å². The molecule has 1 aliphatic rings. The first kappa shape index (κ1) is 18.4. The fourth-order valence-electron chi connectivity index (χ4n) is 2.97. The molecule has 7 heteroatoms. The molecule has 2 aromatic rings. The number of carbonyl (C=O) groups excluding carboxylic acids is 1. The molecule has 0 spiro atoms. The molecule has 26 heavy (non-hydrogen) atoms. The van der Waals surface area contributed by atoms with E-state index >= 15 is 0 Å². The summed E-state index contributed by atoms with van der Waals surface area (Å²) in [6.07, 6.45) is -0.153. The van der Waals surface area contributed by atoms with Gasteiger partial charge in [-0.3, -0.25) is 0 Å². The molecule has 2 heterocycles. The Balaban J connectivity index is 1.97. The number of carbonyl (C=O) groups is 2. The van der Waals surface area contributed by atoms with Crippen molar-refractivity contribution in [3.63, 3.8) is 0 Å². The van der Waals surface area contributed by atoms with Crippen LogP contribution < -0.4 is 0 Å². The molecule has 0 bridgehead atoms. The highest BCUT2D eigenvalue weighted by atomic mass is 32.1. The van der Waals surface area contributed by atoms with Crippen LogP contribution in [0.15, 0.2) is 29.2 Å². The predicted molar refractivity (Wildman–Crippen MR) is 98.8 cm³/mol. The minimum Gasteiger partial charge on any atom is -0.478 e. The summed E-state index contributed by atoms with van der Waals surface area (Å²) in [4.78, 5) is 25.5. The number of carboxylic acid groups (broad SMARTS) is 1. The monoisotopic (exact) mass is 377 g/mol. The molecule has 0 radical (unpaired) electrons. The third-order valence-electron chi connectivity index (χ3n) is 4.12. The van der Waals surface area contributed by atoms with E-state index in [0.717, 1.165) is 10.3 Å². The molecular weight excluding hydrogens is 357 g/mol. The van der Waals surface area contributed by atoms with Gasteiger partial charge in [0.1, 0.15) is 11.4 Å². The lowest BCUT2D eigenvalue weighted by Crippen LogP contribution is -2.41. The van der Waals surface area contributed by atoms with Crippen molar-refractivity contribution in [3.05, 3.63) is 40.5 Å². The van der Waals surface area contributed by atoms with Crippen LogP contribution in [0.1, 0.15) is 32.8 Å². The van der Waals surface area contributed by atoms with Gasteiger partial charge in [-0.25, -0.2) is 14.0 Å². The predicted octanol–water partition coefficient (Wildman–Crippen LogP) is 4.52. The fourth-order valence-corrected chi connectivity index (χ4v) is 3.93. The number of ether oxygens (including phenoxy) is 1. The summed E-state index contributed by atoms with van der Waals surface area (Å²) in [5.74, 6) is -1.44. The first-order chi connectivity index (χ1) is 12.2. The minimum atomic E-state index is -1.08. The number of hydrogen-bond acceptors (Lipinski definition) is 4. The number of rotatable bonds is 2. The Morgan fingerprint density at radius 2 is 2.04 bits per heavy atom. The molecule has 3 rings (SSSR count). The van der Waals surface area contributed by atoms with Crippen molar-refractivity contribution in [3.8, 4) is 0 Å². The number of carboxylic acids is 1. The third-order valence-corrected chi connectivity index (χ3v) is 5.08. The molecule has 0 fully saturated rings. The third kappa shape index (κ3) is 3.72. The van der Waals surface area contributed by atoms with Crippen LogP contribution in [0.2, 0.25) is 0 Å². The average molecular weight is 377 g/mol. The Labute approximate surface area is 154 Å². The summed E-state index contributed by atoms with van der Waals surface area (Å²) in [5, 5.41) is 12.2. The van der Waals surface area contributed by atoms with Gasteiger partial charge in [-0.05, 0) is 61.9 Å². The van der Waals surface area contributed by atoms with E-state index in [-0.39, 0.29) is 17.9 Å². The molecule has 5 nitrogen and oxygen atoms in total. The smallest absolute Gasteiger partial charge is 0.410 e. The summed E-state index contributed by atoms with van der Waals surface area (Å²) in [7, 11) is 0. The van der Waals surface area contributed by atoms with Crippen molar-refractivity contribution in [2.24, 2.45) is 0 Å². The maximum atomic E-state index is 13.6. The summed E-state index contributed by atoms with van der Waals surface area (Å²) in [6.45, 7) is 5.61. The van der Waals surface area contributed by atoms with E-state index in [9.17, 15) is 19.1 Å². The zero-order chi connectivity index (χ0) is 19.1. The fraction of sp³-hybridized carbons (Fsp3) is 0.368. The van der Waals surface area contributed by atoms with Gasteiger partial charge in [0, 0.05) is 16.6 Å². The summed E-state index contributed by atoms with van der Waals surface area (Å²) >= 11 is 1.45. The van der Waals surface area contributed by atoms with E-state index < -0.39 is 17.7 Å². The molecule has 0 unspecified atom stereocenters. The zero-order valence-corrected chi connectivity index (χ0v) is 15.7. The molecule has 0 saturated heterocycles. The molecule has 1 amide bonds. The van der Waals surface area contributed by atoms with E-state index in [4.69, 9.17) is 4.74 Å². The second-order valence-electron chi connectivity index (χ2n) is 7.20. The molecule has 138 valence electrons. The second kappa shape index (κ2) is 6.72. The molecule has 0 saturated carbocycles. The summed E-state index contributed by atoms with van der Waals surface area (Å²) in [5.41, 5.74) is 0.872. The summed E-state index contributed by atoms with van der Waals surface area (Å²) < 4.78 is 19.9. The van der Waals surface area contributed by atoms with Crippen LogP contribution in [0.5, 0.6) is 0 Å². The SMILES string of the molecule is CC(C)(C)OC(=O)N1CCC(c2csc3ccc(F)cc23)=C(C(=O)O)C1. The van der Waals surface area contributed by atoms with Crippen LogP contribution in [0.4, 0.5) is 9.18 Å². The van der Waals surface area contributed by atoms with Gasteiger partial charge in [0.2, 0.25) is 0 Å². The first-order valence-corrected chi connectivity index (χ1v) is 9.14. The van der Waals surface area contributed by atoms with Crippen molar-refractivity contribution in [2.75, 3.05) is 13.1 Å². The van der Waals surface area contributed by atoms with Crippen LogP contribution in [-0.2, 0) is 9.53 Å². The van der Waals surface area contributed by atoms with Crippen molar-refractivity contribution in [2.45, 2.75) is 32.8 Å². The van der Waals surface area contributed by atoms with Crippen molar-refractivity contribution in [1.29, 1.82) is 0 Å². The molecule has 1 N–H and O–H groups in total.